The average Bonchev–Trinajstić information content (AvgIpc) is 2.76. The molecule has 0 bridgehead atoms. The van der Waals surface area contributed by atoms with E-state index in [0.717, 1.165) is 25.7 Å². The summed E-state index contributed by atoms with van der Waals surface area (Å²) in [5, 5.41) is 0. The van der Waals surface area contributed by atoms with Crippen LogP contribution in [0.4, 0.5) is 0 Å². The molecule has 3 atom stereocenters. The van der Waals surface area contributed by atoms with Crippen LogP contribution in [-0.4, -0.2) is 0 Å². The number of rotatable bonds is 18. The molecular weight excluding hydrogens is 396 g/mol. The van der Waals surface area contributed by atoms with E-state index in [1.54, 1.807) is 0 Å². The molecule has 0 saturated carbocycles. The molecule has 0 nitrogen and oxygen atoms in total. The Hall–Kier alpha value is -1.56. The summed E-state index contributed by atoms with van der Waals surface area (Å²) in [4.78, 5) is 0. The fraction of sp³-hybridized carbons (Fsp3) is 0.636. The summed E-state index contributed by atoms with van der Waals surface area (Å²) < 4.78 is 0. The fourth-order valence-electron chi connectivity index (χ4n) is 3.75. The van der Waals surface area contributed by atoms with Gasteiger partial charge in [-0.3, -0.25) is 0 Å². The van der Waals surface area contributed by atoms with Crippen molar-refractivity contribution in [2.75, 3.05) is 0 Å². The summed E-state index contributed by atoms with van der Waals surface area (Å²) in [5.74, 6) is 1.83. The van der Waals surface area contributed by atoms with Crippen molar-refractivity contribution in [3.8, 4) is 0 Å². The van der Waals surface area contributed by atoms with Crippen LogP contribution in [0.15, 0.2) is 71.4 Å². The predicted octanol–water partition coefficient (Wildman–Crippen LogP) is 11.3. The molecule has 0 aromatic heterocycles. The van der Waals surface area contributed by atoms with Crippen LogP contribution in [0, 0.1) is 17.8 Å². The summed E-state index contributed by atoms with van der Waals surface area (Å²) in [6.07, 6.45) is 19.1. The monoisotopic (exact) mass is 452 g/mol. The van der Waals surface area contributed by atoms with Gasteiger partial charge in [-0.15, -0.1) is 0 Å². The van der Waals surface area contributed by atoms with Gasteiger partial charge in [0.1, 0.15) is 0 Å². The van der Waals surface area contributed by atoms with Crippen molar-refractivity contribution in [2.24, 2.45) is 17.8 Å². The largest absolute Gasteiger partial charge is 0.0999 e. The zero-order valence-corrected chi connectivity index (χ0v) is 23.7. The quantitative estimate of drug-likeness (QED) is 0.143. The Bertz CT molecular complexity index is 694. The molecule has 0 heteroatoms. The lowest BCUT2D eigenvalue weighted by Gasteiger charge is -2.17. The lowest BCUT2D eigenvalue weighted by atomic mass is 9.88. The van der Waals surface area contributed by atoms with Crippen LogP contribution in [0.5, 0.6) is 0 Å². The summed E-state index contributed by atoms with van der Waals surface area (Å²) in [5.41, 5.74) is 8.57. The third-order valence-corrected chi connectivity index (χ3v) is 7.41. The third kappa shape index (κ3) is 16.7. The van der Waals surface area contributed by atoms with Gasteiger partial charge in [-0.2, -0.15) is 0 Å². The molecule has 0 heterocycles. The first-order chi connectivity index (χ1) is 15.4. The predicted molar refractivity (Wildman–Crippen MR) is 154 cm³/mol. The average molecular weight is 453 g/mol. The van der Waals surface area contributed by atoms with Crippen molar-refractivity contribution in [1.29, 1.82) is 0 Å². The van der Waals surface area contributed by atoms with E-state index in [1.807, 2.05) is 0 Å². The standard InChI is InChI=1S/C33H56/c1-25(2)30(8)21-19-29(7)18-14-17-27(5)15-12-13-16-28(6)20-22-32(10)33(11)24-23-31(9)26(3)4/h15-16,18,30-32H,1,3,11-14,17,19-24H2,2,4-10H3/b27-15+,28-16+,29-18+/t30-,31-,32-/m0/s1. The molecule has 33 heavy (non-hydrogen) atoms. The van der Waals surface area contributed by atoms with Crippen LogP contribution in [0.3, 0.4) is 0 Å². The molecule has 0 aromatic rings. The van der Waals surface area contributed by atoms with Gasteiger partial charge in [-0.05, 0) is 117 Å². The molecule has 0 aliphatic carbocycles. The van der Waals surface area contributed by atoms with E-state index >= 15 is 0 Å². The maximum Gasteiger partial charge on any atom is -0.0231 e. The summed E-state index contributed by atoms with van der Waals surface area (Å²) in [6, 6.07) is 0. The second-order valence-electron chi connectivity index (χ2n) is 10.9. The minimum Gasteiger partial charge on any atom is -0.0999 e. The van der Waals surface area contributed by atoms with Crippen molar-refractivity contribution in [2.45, 2.75) is 120 Å². The molecule has 0 amide bonds. The second kappa shape index (κ2) is 17.9. The van der Waals surface area contributed by atoms with Crippen LogP contribution in [-0.2, 0) is 0 Å². The third-order valence-electron chi connectivity index (χ3n) is 7.41. The SMILES string of the molecule is C=C(C)[C@@H](C)CCC(=C)[C@@H](C)CC/C(C)=C/CC/C=C(\C)CC/C=C(\C)CC[C@H](C)C(=C)C. The minimum atomic E-state index is 0.600. The lowest BCUT2D eigenvalue weighted by Crippen LogP contribution is -2.02. The maximum absolute atomic E-state index is 4.35. The highest BCUT2D eigenvalue weighted by Crippen LogP contribution is 2.25. The Balaban J connectivity index is 4.15. The minimum absolute atomic E-state index is 0.600. The van der Waals surface area contributed by atoms with Crippen molar-refractivity contribution < 1.29 is 0 Å². The molecule has 0 saturated heterocycles. The number of hydrogen-bond donors (Lipinski definition) is 0. The Kier molecular flexibility index (Phi) is 17.0. The molecule has 0 aliphatic rings. The smallest absolute Gasteiger partial charge is 0.0231 e. The molecule has 0 aliphatic heterocycles. The molecule has 0 rings (SSSR count). The highest BCUT2D eigenvalue weighted by molar-refractivity contribution is 5.07. The number of unbranched alkanes of at least 4 members (excludes halogenated alkanes) is 1. The lowest BCUT2D eigenvalue weighted by molar-refractivity contribution is 0.543. The molecule has 0 N–H and O–H groups in total. The number of hydrogen-bond acceptors (Lipinski definition) is 0. The summed E-state index contributed by atoms with van der Waals surface area (Å²) in [7, 11) is 0. The topological polar surface area (TPSA) is 0 Å². The first-order valence-electron chi connectivity index (χ1n) is 13.4. The Morgan fingerprint density at radius 3 is 1.33 bits per heavy atom. The fourth-order valence-corrected chi connectivity index (χ4v) is 3.75. The van der Waals surface area contributed by atoms with E-state index < -0.39 is 0 Å². The van der Waals surface area contributed by atoms with Crippen LogP contribution < -0.4 is 0 Å². The van der Waals surface area contributed by atoms with Crippen molar-refractivity contribution >= 4 is 0 Å². The van der Waals surface area contributed by atoms with Gasteiger partial charge in [0.15, 0.2) is 0 Å². The van der Waals surface area contributed by atoms with E-state index in [9.17, 15) is 0 Å². The molecular formula is C33H56. The first kappa shape index (κ1) is 31.4. The van der Waals surface area contributed by atoms with Gasteiger partial charge in [0.25, 0.3) is 0 Å². The Morgan fingerprint density at radius 2 is 0.879 bits per heavy atom. The molecule has 0 radical (unpaired) electrons. The number of allylic oxidation sites excluding steroid dienone is 9. The van der Waals surface area contributed by atoms with Gasteiger partial charge in [-0.1, -0.05) is 92.2 Å². The van der Waals surface area contributed by atoms with Gasteiger partial charge in [0, 0.05) is 0 Å². The van der Waals surface area contributed by atoms with Crippen molar-refractivity contribution in [3.05, 3.63) is 71.4 Å². The van der Waals surface area contributed by atoms with Gasteiger partial charge in [-0.25, -0.2) is 0 Å². The van der Waals surface area contributed by atoms with Gasteiger partial charge >= 0.3 is 0 Å². The van der Waals surface area contributed by atoms with E-state index in [2.05, 4.69) is 93.4 Å². The van der Waals surface area contributed by atoms with Crippen molar-refractivity contribution in [1.82, 2.24) is 0 Å². The Labute approximate surface area is 208 Å². The van der Waals surface area contributed by atoms with Gasteiger partial charge in [0.2, 0.25) is 0 Å². The van der Waals surface area contributed by atoms with Crippen LogP contribution in [0.25, 0.3) is 0 Å². The van der Waals surface area contributed by atoms with Crippen molar-refractivity contribution in [3.63, 3.8) is 0 Å². The second-order valence-corrected chi connectivity index (χ2v) is 10.9. The van der Waals surface area contributed by atoms with E-state index in [-0.39, 0.29) is 0 Å². The van der Waals surface area contributed by atoms with Crippen LogP contribution in [0.2, 0.25) is 0 Å². The Morgan fingerprint density at radius 1 is 0.515 bits per heavy atom. The molecule has 0 unspecified atom stereocenters. The van der Waals surface area contributed by atoms with E-state index in [1.165, 1.54) is 72.0 Å². The van der Waals surface area contributed by atoms with Gasteiger partial charge < -0.3 is 0 Å². The van der Waals surface area contributed by atoms with Crippen LogP contribution in [0.1, 0.15) is 120 Å². The zero-order chi connectivity index (χ0) is 25.4. The first-order valence-corrected chi connectivity index (χ1v) is 13.4. The molecule has 0 aromatic carbocycles. The molecule has 0 spiro atoms. The maximum atomic E-state index is 4.35. The van der Waals surface area contributed by atoms with E-state index in [0.29, 0.717) is 17.8 Å². The van der Waals surface area contributed by atoms with E-state index in [4.69, 9.17) is 0 Å². The normalized spacial score (nSPS) is 15.8. The summed E-state index contributed by atoms with van der Waals surface area (Å²) >= 11 is 0. The molecule has 0 fully saturated rings. The van der Waals surface area contributed by atoms with Crippen LogP contribution >= 0.6 is 0 Å². The zero-order valence-electron chi connectivity index (χ0n) is 23.7. The highest BCUT2D eigenvalue weighted by atomic mass is 14.2. The van der Waals surface area contributed by atoms with Gasteiger partial charge in [0.05, 0.1) is 0 Å². The summed E-state index contributed by atoms with van der Waals surface area (Å²) in [6.45, 7) is 30.5. The highest BCUT2D eigenvalue weighted by Gasteiger charge is 2.10. The molecule has 188 valence electrons.